The minimum atomic E-state index is -4.07. The Morgan fingerprint density at radius 1 is 1.60 bits per heavy atom. The Morgan fingerprint density at radius 2 is 2.30 bits per heavy atom. The van der Waals surface area contributed by atoms with Gasteiger partial charge in [-0.2, -0.15) is 8.42 Å². The first-order chi connectivity index (χ1) is 4.61. The van der Waals surface area contributed by atoms with Gasteiger partial charge in [0.15, 0.2) is 0 Å². The summed E-state index contributed by atoms with van der Waals surface area (Å²) < 4.78 is 29.9. The lowest BCUT2D eigenvalue weighted by atomic mass is 10.6. The first-order valence-electron chi connectivity index (χ1n) is 2.53. The molecule has 0 aliphatic carbocycles. The summed E-state index contributed by atoms with van der Waals surface area (Å²) >= 11 is 0. The maximum Gasteiger partial charge on any atom is 0.359 e. The predicted molar refractivity (Wildman–Crippen MR) is 35.9 cm³/mol. The SMILES string of the molecule is O=S(=O)(O)N1C=CN=CC1. The monoisotopic (exact) mass is 162 g/mol. The number of hydrogen-bond acceptors (Lipinski definition) is 3. The van der Waals surface area contributed by atoms with Crippen LogP contribution >= 0.6 is 0 Å². The van der Waals surface area contributed by atoms with Crippen molar-refractivity contribution in [2.75, 3.05) is 6.54 Å². The summed E-state index contributed by atoms with van der Waals surface area (Å²) in [6.45, 7) is 0.0926. The maximum atomic E-state index is 10.4. The number of nitrogens with zero attached hydrogens (tertiary/aromatic N) is 2. The van der Waals surface area contributed by atoms with Crippen molar-refractivity contribution in [2.45, 2.75) is 0 Å². The van der Waals surface area contributed by atoms with Gasteiger partial charge in [-0.25, -0.2) is 4.31 Å². The van der Waals surface area contributed by atoms with Crippen molar-refractivity contribution >= 4 is 16.5 Å². The van der Waals surface area contributed by atoms with Gasteiger partial charge in [-0.1, -0.05) is 0 Å². The lowest BCUT2D eigenvalue weighted by Crippen LogP contribution is -2.27. The van der Waals surface area contributed by atoms with Crippen LogP contribution in [0.4, 0.5) is 0 Å². The average molecular weight is 162 g/mol. The lowest BCUT2D eigenvalue weighted by molar-refractivity contribution is 0.421. The molecule has 0 saturated carbocycles. The fraction of sp³-hybridized carbons (Fsp3) is 0.250. The van der Waals surface area contributed by atoms with E-state index in [0.717, 1.165) is 4.31 Å². The Labute approximate surface area is 58.6 Å². The Morgan fingerprint density at radius 3 is 2.60 bits per heavy atom. The predicted octanol–water partition coefficient (Wildman–Crippen LogP) is -0.353. The second kappa shape index (κ2) is 2.39. The second-order valence-corrected chi connectivity index (χ2v) is 3.04. The van der Waals surface area contributed by atoms with Crippen molar-refractivity contribution < 1.29 is 13.0 Å². The van der Waals surface area contributed by atoms with Crippen LogP contribution in [0.25, 0.3) is 0 Å². The minimum absolute atomic E-state index is 0.0926. The zero-order chi connectivity index (χ0) is 7.61. The van der Waals surface area contributed by atoms with Gasteiger partial charge in [-0.05, 0) is 0 Å². The van der Waals surface area contributed by atoms with Crippen LogP contribution in [0.2, 0.25) is 0 Å². The molecule has 1 rings (SSSR count). The highest BCUT2D eigenvalue weighted by atomic mass is 32.2. The summed E-state index contributed by atoms with van der Waals surface area (Å²) in [5.74, 6) is 0. The molecule has 0 amide bonds. The highest BCUT2D eigenvalue weighted by Crippen LogP contribution is 1.99. The molecule has 1 aliphatic heterocycles. The van der Waals surface area contributed by atoms with E-state index in [4.69, 9.17) is 4.55 Å². The molecular weight excluding hydrogens is 156 g/mol. The zero-order valence-electron chi connectivity index (χ0n) is 5.01. The van der Waals surface area contributed by atoms with Crippen LogP contribution in [0.1, 0.15) is 0 Å². The maximum absolute atomic E-state index is 10.4. The van der Waals surface area contributed by atoms with Gasteiger partial charge in [0.05, 0.1) is 6.54 Å². The summed E-state index contributed by atoms with van der Waals surface area (Å²) in [5, 5.41) is 0. The Kier molecular flexibility index (Phi) is 1.73. The van der Waals surface area contributed by atoms with Gasteiger partial charge in [-0.15, -0.1) is 0 Å². The third-order valence-electron chi connectivity index (χ3n) is 0.982. The van der Waals surface area contributed by atoms with Gasteiger partial charge < -0.3 is 0 Å². The van der Waals surface area contributed by atoms with E-state index >= 15 is 0 Å². The van der Waals surface area contributed by atoms with Crippen LogP contribution in [-0.4, -0.2) is 30.0 Å². The Bertz CT molecular complexity index is 266. The molecule has 0 spiro atoms. The second-order valence-electron chi connectivity index (χ2n) is 1.68. The van der Waals surface area contributed by atoms with E-state index in [9.17, 15) is 8.42 Å². The van der Waals surface area contributed by atoms with Gasteiger partial charge in [0, 0.05) is 18.6 Å². The summed E-state index contributed by atoms with van der Waals surface area (Å²) in [5.41, 5.74) is 0. The van der Waals surface area contributed by atoms with Crippen LogP contribution in [0, 0.1) is 0 Å². The summed E-state index contributed by atoms with van der Waals surface area (Å²) in [7, 11) is -4.07. The molecule has 0 saturated heterocycles. The number of aliphatic imine (C=N–C) groups is 1. The van der Waals surface area contributed by atoms with Gasteiger partial charge >= 0.3 is 10.3 Å². The molecular formula is C4H6N2O3S. The quantitative estimate of drug-likeness (QED) is 0.535. The third-order valence-corrected chi connectivity index (χ3v) is 1.85. The van der Waals surface area contributed by atoms with E-state index in [1.807, 2.05) is 0 Å². The zero-order valence-corrected chi connectivity index (χ0v) is 5.82. The van der Waals surface area contributed by atoms with E-state index in [0.29, 0.717) is 0 Å². The fourth-order valence-electron chi connectivity index (χ4n) is 0.533. The summed E-state index contributed by atoms with van der Waals surface area (Å²) in [6.07, 6.45) is 3.86. The van der Waals surface area contributed by atoms with Gasteiger partial charge in [0.1, 0.15) is 0 Å². The molecule has 1 aliphatic rings. The standard InChI is InChI=1S/C4H6N2O3S/c7-10(8,9)6-3-1-5-2-4-6/h1-3H,4H2,(H,7,8,9). The molecule has 1 heterocycles. The number of rotatable bonds is 1. The van der Waals surface area contributed by atoms with Crippen LogP contribution in [0.15, 0.2) is 17.4 Å². The van der Waals surface area contributed by atoms with Crippen LogP contribution in [0.3, 0.4) is 0 Å². The van der Waals surface area contributed by atoms with Crippen molar-refractivity contribution in [2.24, 2.45) is 4.99 Å². The van der Waals surface area contributed by atoms with Crippen molar-refractivity contribution in [1.82, 2.24) is 4.31 Å². The Hall–Kier alpha value is -0.880. The molecule has 6 heteroatoms. The van der Waals surface area contributed by atoms with Crippen LogP contribution < -0.4 is 0 Å². The molecule has 56 valence electrons. The molecule has 0 aromatic rings. The van der Waals surface area contributed by atoms with Crippen molar-refractivity contribution in [3.8, 4) is 0 Å². The minimum Gasteiger partial charge on any atom is -0.269 e. The van der Waals surface area contributed by atoms with E-state index < -0.39 is 10.3 Å². The van der Waals surface area contributed by atoms with E-state index in [1.54, 1.807) is 0 Å². The molecule has 0 bridgehead atoms. The van der Waals surface area contributed by atoms with Crippen molar-refractivity contribution in [1.29, 1.82) is 0 Å². The molecule has 0 fully saturated rings. The molecule has 0 aromatic heterocycles. The molecule has 0 aromatic carbocycles. The fourth-order valence-corrected chi connectivity index (χ4v) is 0.997. The third kappa shape index (κ3) is 1.55. The summed E-state index contributed by atoms with van der Waals surface area (Å²) in [4.78, 5) is 3.62. The van der Waals surface area contributed by atoms with Gasteiger partial charge in [-0.3, -0.25) is 9.55 Å². The largest absolute Gasteiger partial charge is 0.359 e. The van der Waals surface area contributed by atoms with Crippen LogP contribution in [0.5, 0.6) is 0 Å². The average Bonchev–Trinajstić information content (AvgIpc) is 1.88. The van der Waals surface area contributed by atoms with Crippen molar-refractivity contribution in [3.05, 3.63) is 12.4 Å². The molecule has 1 N–H and O–H groups in total. The lowest BCUT2D eigenvalue weighted by Gasteiger charge is -2.14. The van der Waals surface area contributed by atoms with Crippen LogP contribution in [-0.2, 0) is 10.3 Å². The molecule has 0 unspecified atom stereocenters. The van der Waals surface area contributed by atoms with E-state index in [-0.39, 0.29) is 6.54 Å². The Balaban J connectivity index is 2.79. The van der Waals surface area contributed by atoms with E-state index in [1.165, 1.54) is 18.6 Å². The first-order valence-corrected chi connectivity index (χ1v) is 3.93. The van der Waals surface area contributed by atoms with Gasteiger partial charge in [0.25, 0.3) is 0 Å². The topological polar surface area (TPSA) is 70.0 Å². The highest BCUT2D eigenvalue weighted by molar-refractivity contribution is 7.83. The molecule has 0 radical (unpaired) electrons. The molecule has 5 nitrogen and oxygen atoms in total. The smallest absolute Gasteiger partial charge is 0.269 e. The summed E-state index contributed by atoms with van der Waals surface area (Å²) in [6, 6.07) is 0. The molecule has 10 heavy (non-hydrogen) atoms. The van der Waals surface area contributed by atoms with E-state index in [2.05, 4.69) is 4.99 Å². The normalized spacial score (nSPS) is 17.9. The van der Waals surface area contributed by atoms with Crippen molar-refractivity contribution in [3.63, 3.8) is 0 Å². The van der Waals surface area contributed by atoms with Gasteiger partial charge in [0.2, 0.25) is 0 Å². The first kappa shape index (κ1) is 7.23. The molecule has 0 atom stereocenters. The number of hydrogen-bond donors (Lipinski definition) is 1. The highest BCUT2D eigenvalue weighted by Gasteiger charge is 2.13.